The molecule has 18 heavy (non-hydrogen) atoms. The molecule has 0 saturated heterocycles. The Kier molecular flexibility index (Phi) is 4.41. The number of allylic oxidation sites excluding steroid dienone is 1. The molecule has 0 aromatic carbocycles. The lowest BCUT2D eigenvalue weighted by molar-refractivity contribution is 0.397. The lowest BCUT2D eigenvalue weighted by atomic mass is 9.82. The van der Waals surface area contributed by atoms with E-state index in [1.54, 1.807) is 0 Å². The van der Waals surface area contributed by atoms with Crippen molar-refractivity contribution < 1.29 is 0 Å². The van der Waals surface area contributed by atoms with E-state index in [2.05, 4.69) is 61.9 Å². The second-order valence-electron chi connectivity index (χ2n) is 4.87. The summed E-state index contributed by atoms with van der Waals surface area (Å²) in [5, 5.41) is 4.32. The van der Waals surface area contributed by atoms with Gasteiger partial charge in [0.05, 0.1) is 0 Å². The zero-order chi connectivity index (χ0) is 13.0. The van der Waals surface area contributed by atoms with Gasteiger partial charge < -0.3 is 0 Å². The Morgan fingerprint density at radius 1 is 1.06 bits per heavy atom. The van der Waals surface area contributed by atoms with Gasteiger partial charge in [-0.3, -0.25) is 0 Å². The Morgan fingerprint density at radius 3 is 1.89 bits per heavy atom. The van der Waals surface area contributed by atoms with Gasteiger partial charge in [-0.2, -0.15) is 0 Å². The number of hydrogen-bond donors (Lipinski definition) is 0. The quantitative estimate of drug-likeness (QED) is 0.622. The maximum atomic E-state index is 2.48. The van der Waals surface area contributed by atoms with Gasteiger partial charge in [-0.15, -0.1) is 22.7 Å². The molecule has 0 amide bonds. The van der Waals surface area contributed by atoms with Crippen molar-refractivity contribution in [3.63, 3.8) is 0 Å². The molecule has 0 bridgehead atoms. The van der Waals surface area contributed by atoms with Crippen LogP contribution in [0.25, 0.3) is 5.57 Å². The molecule has 2 heterocycles. The predicted molar refractivity (Wildman–Crippen MR) is 84.4 cm³/mol. The molecule has 0 saturated carbocycles. The largest absolute Gasteiger partial charge is 0.144 e. The fourth-order valence-corrected chi connectivity index (χ4v) is 3.51. The lowest BCUT2D eigenvalue weighted by Gasteiger charge is -2.23. The summed E-state index contributed by atoms with van der Waals surface area (Å²) in [6.45, 7) is 6.91. The van der Waals surface area contributed by atoms with Gasteiger partial charge in [0.15, 0.2) is 0 Å². The Labute approximate surface area is 118 Å². The van der Waals surface area contributed by atoms with Crippen LogP contribution in [0.5, 0.6) is 0 Å². The number of hydrogen-bond acceptors (Lipinski definition) is 2. The molecule has 0 spiro atoms. The minimum absolute atomic E-state index is 0.295. The van der Waals surface area contributed by atoms with Gasteiger partial charge in [0.1, 0.15) is 0 Å². The Morgan fingerprint density at radius 2 is 1.56 bits per heavy atom. The Bertz CT molecular complexity index is 449. The van der Waals surface area contributed by atoms with Gasteiger partial charge >= 0.3 is 0 Å². The molecule has 0 N–H and O–H groups in total. The highest BCUT2D eigenvalue weighted by atomic mass is 32.1. The van der Waals surface area contributed by atoms with Gasteiger partial charge in [-0.25, -0.2) is 0 Å². The first-order chi connectivity index (χ1) is 8.68. The van der Waals surface area contributed by atoms with E-state index in [0.717, 1.165) is 0 Å². The molecule has 0 nitrogen and oxygen atoms in total. The van der Waals surface area contributed by atoms with Crippen LogP contribution >= 0.6 is 22.7 Å². The summed E-state index contributed by atoms with van der Waals surface area (Å²) in [5.41, 5.74) is 1.70. The lowest BCUT2D eigenvalue weighted by Crippen LogP contribution is -2.10. The summed E-state index contributed by atoms with van der Waals surface area (Å²) >= 11 is 3.66. The summed E-state index contributed by atoms with van der Waals surface area (Å²) in [6.07, 6.45) is 4.85. The monoisotopic (exact) mass is 276 g/mol. The topological polar surface area (TPSA) is 0 Å². The van der Waals surface area contributed by atoms with E-state index >= 15 is 0 Å². The van der Waals surface area contributed by atoms with Crippen molar-refractivity contribution in [3.05, 3.63) is 50.9 Å². The van der Waals surface area contributed by atoms with Crippen LogP contribution in [0, 0.1) is 5.41 Å². The SMILES string of the molecule is CCC(C)(C=C(c1cccs1)c1cccs1)CC. The summed E-state index contributed by atoms with van der Waals surface area (Å²) in [5.74, 6) is 0. The molecule has 0 aliphatic rings. The van der Waals surface area contributed by atoms with Crippen LogP contribution in [-0.4, -0.2) is 0 Å². The average Bonchev–Trinajstić information content (AvgIpc) is 3.08. The van der Waals surface area contributed by atoms with E-state index in [9.17, 15) is 0 Å². The molecule has 0 aliphatic heterocycles. The van der Waals surface area contributed by atoms with Crippen LogP contribution < -0.4 is 0 Å². The van der Waals surface area contributed by atoms with E-state index in [1.807, 2.05) is 22.7 Å². The highest BCUT2D eigenvalue weighted by Gasteiger charge is 2.19. The molecule has 96 valence electrons. The van der Waals surface area contributed by atoms with Crippen molar-refractivity contribution in [1.82, 2.24) is 0 Å². The molecule has 0 fully saturated rings. The van der Waals surface area contributed by atoms with Gasteiger partial charge in [-0.05, 0) is 41.1 Å². The van der Waals surface area contributed by atoms with Crippen molar-refractivity contribution in [2.24, 2.45) is 5.41 Å². The van der Waals surface area contributed by atoms with Crippen molar-refractivity contribution in [3.8, 4) is 0 Å². The fourth-order valence-electron chi connectivity index (χ4n) is 1.93. The predicted octanol–water partition coefficient (Wildman–Crippen LogP) is 6.07. The van der Waals surface area contributed by atoms with Gasteiger partial charge in [0.2, 0.25) is 0 Å². The second kappa shape index (κ2) is 5.85. The van der Waals surface area contributed by atoms with E-state index in [1.165, 1.54) is 28.2 Å². The van der Waals surface area contributed by atoms with Crippen LogP contribution in [0.1, 0.15) is 43.4 Å². The van der Waals surface area contributed by atoms with Crippen LogP contribution in [0.15, 0.2) is 41.1 Å². The summed E-state index contributed by atoms with van der Waals surface area (Å²) in [4.78, 5) is 2.76. The molecule has 2 aromatic heterocycles. The Balaban J connectivity index is 2.47. The zero-order valence-corrected chi connectivity index (χ0v) is 12.9. The third-order valence-electron chi connectivity index (χ3n) is 3.68. The van der Waals surface area contributed by atoms with Crippen molar-refractivity contribution in [1.29, 1.82) is 0 Å². The van der Waals surface area contributed by atoms with E-state index < -0.39 is 0 Å². The van der Waals surface area contributed by atoms with Crippen molar-refractivity contribution in [2.75, 3.05) is 0 Å². The standard InChI is InChI=1S/C16H20S2/c1-4-16(3,5-2)12-13(14-8-6-10-17-14)15-9-7-11-18-15/h6-12H,4-5H2,1-3H3. The normalized spacial score (nSPS) is 11.5. The zero-order valence-electron chi connectivity index (χ0n) is 11.3. The first-order valence-electron chi connectivity index (χ1n) is 6.49. The maximum Gasteiger partial charge on any atom is 0.0353 e. The minimum Gasteiger partial charge on any atom is -0.144 e. The summed E-state index contributed by atoms with van der Waals surface area (Å²) in [7, 11) is 0. The molecule has 0 atom stereocenters. The minimum atomic E-state index is 0.295. The molecule has 0 radical (unpaired) electrons. The second-order valence-corrected chi connectivity index (χ2v) is 6.77. The summed E-state index contributed by atoms with van der Waals surface area (Å²) in [6, 6.07) is 8.72. The number of thiophene rings is 2. The highest BCUT2D eigenvalue weighted by Crippen LogP contribution is 2.37. The maximum absolute atomic E-state index is 2.48. The van der Waals surface area contributed by atoms with Crippen molar-refractivity contribution >= 4 is 28.2 Å². The molecule has 2 aromatic rings. The third-order valence-corrected chi connectivity index (χ3v) is 5.49. The van der Waals surface area contributed by atoms with Crippen LogP contribution in [0.3, 0.4) is 0 Å². The first kappa shape index (κ1) is 13.6. The number of rotatable bonds is 5. The van der Waals surface area contributed by atoms with Crippen molar-refractivity contribution in [2.45, 2.75) is 33.6 Å². The molecule has 0 unspecified atom stereocenters. The average molecular weight is 276 g/mol. The first-order valence-corrected chi connectivity index (χ1v) is 8.25. The van der Waals surface area contributed by atoms with E-state index in [-0.39, 0.29) is 0 Å². The molecule has 2 rings (SSSR count). The fraction of sp³-hybridized carbons (Fsp3) is 0.375. The van der Waals surface area contributed by atoms with E-state index in [4.69, 9.17) is 0 Å². The van der Waals surface area contributed by atoms with Crippen LogP contribution in [0.4, 0.5) is 0 Å². The van der Waals surface area contributed by atoms with Crippen LogP contribution in [-0.2, 0) is 0 Å². The Hall–Kier alpha value is -0.860. The summed E-state index contributed by atoms with van der Waals surface area (Å²) < 4.78 is 0. The molecular formula is C16H20S2. The van der Waals surface area contributed by atoms with Gasteiger partial charge in [-0.1, -0.05) is 39.0 Å². The molecular weight excluding hydrogens is 256 g/mol. The molecule has 2 heteroatoms. The molecule has 0 aliphatic carbocycles. The highest BCUT2D eigenvalue weighted by molar-refractivity contribution is 7.13. The van der Waals surface area contributed by atoms with Gasteiger partial charge in [0, 0.05) is 15.3 Å². The van der Waals surface area contributed by atoms with Gasteiger partial charge in [0.25, 0.3) is 0 Å². The van der Waals surface area contributed by atoms with E-state index in [0.29, 0.717) is 5.41 Å². The smallest absolute Gasteiger partial charge is 0.0353 e. The van der Waals surface area contributed by atoms with Crippen LogP contribution in [0.2, 0.25) is 0 Å². The third kappa shape index (κ3) is 2.93.